The fourth-order valence-corrected chi connectivity index (χ4v) is 3.17. The van der Waals surface area contributed by atoms with Gasteiger partial charge in [0.15, 0.2) is 0 Å². The molecule has 0 aliphatic heterocycles. The molecule has 26 heavy (non-hydrogen) atoms. The van der Waals surface area contributed by atoms with E-state index in [0.717, 1.165) is 31.6 Å². The topological polar surface area (TPSA) is 27.1 Å². The minimum atomic E-state index is -0.204. The van der Waals surface area contributed by atoms with Gasteiger partial charge in [0.05, 0.1) is 12.4 Å². The lowest BCUT2D eigenvalue weighted by molar-refractivity contribution is 0.0409. The van der Waals surface area contributed by atoms with Gasteiger partial charge in [0, 0.05) is 25.5 Å². The van der Waals surface area contributed by atoms with Gasteiger partial charge in [-0.25, -0.2) is 9.37 Å². The summed E-state index contributed by atoms with van der Waals surface area (Å²) in [5.41, 5.74) is 1.05. The molecule has 0 amide bonds. The molecule has 4 heteroatoms. The number of aromatic nitrogens is 2. The first-order valence-electron chi connectivity index (χ1n) is 10.1. The van der Waals surface area contributed by atoms with Crippen molar-refractivity contribution in [2.24, 2.45) is 0 Å². The molecule has 0 N–H and O–H groups in total. The first kappa shape index (κ1) is 20.6. The van der Waals surface area contributed by atoms with E-state index in [0.29, 0.717) is 0 Å². The second-order valence-corrected chi connectivity index (χ2v) is 6.98. The second-order valence-electron chi connectivity index (χ2n) is 6.98. The SMILES string of the molecule is CCCCCCCCCCOC(CCn1ccnc1)c1ccc(F)cc1. The van der Waals surface area contributed by atoms with E-state index in [1.54, 1.807) is 6.20 Å². The van der Waals surface area contributed by atoms with Crippen molar-refractivity contribution >= 4 is 0 Å². The molecule has 0 fully saturated rings. The van der Waals surface area contributed by atoms with E-state index in [1.165, 1.54) is 57.1 Å². The zero-order chi connectivity index (χ0) is 18.5. The lowest BCUT2D eigenvalue weighted by Gasteiger charge is -2.19. The molecule has 1 aromatic carbocycles. The molecule has 1 atom stereocenters. The van der Waals surface area contributed by atoms with Gasteiger partial charge in [-0.1, -0.05) is 64.0 Å². The fraction of sp³-hybridized carbons (Fsp3) is 0.591. The molecule has 1 heterocycles. The van der Waals surface area contributed by atoms with Crippen molar-refractivity contribution in [2.75, 3.05) is 6.61 Å². The van der Waals surface area contributed by atoms with Crippen LogP contribution in [0.15, 0.2) is 43.0 Å². The molecule has 0 radical (unpaired) electrons. The normalized spacial score (nSPS) is 12.4. The van der Waals surface area contributed by atoms with E-state index in [2.05, 4.69) is 16.5 Å². The van der Waals surface area contributed by atoms with Crippen molar-refractivity contribution in [2.45, 2.75) is 77.4 Å². The Bertz CT molecular complexity index is 568. The summed E-state index contributed by atoms with van der Waals surface area (Å²) >= 11 is 0. The molecular formula is C22H33FN2O. The highest BCUT2D eigenvalue weighted by molar-refractivity contribution is 5.18. The van der Waals surface area contributed by atoms with Gasteiger partial charge in [-0.3, -0.25) is 0 Å². The largest absolute Gasteiger partial charge is 0.373 e. The summed E-state index contributed by atoms with van der Waals surface area (Å²) in [6.07, 6.45) is 16.8. The third-order valence-electron chi connectivity index (χ3n) is 4.77. The van der Waals surface area contributed by atoms with E-state index in [9.17, 15) is 4.39 Å². The molecule has 0 aliphatic carbocycles. The van der Waals surface area contributed by atoms with Crippen molar-refractivity contribution in [1.29, 1.82) is 0 Å². The Morgan fingerprint density at radius 1 is 1.00 bits per heavy atom. The molecule has 0 saturated heterocycles. The quantitative estimate of drug-likeness (QED) is 0.369. The van der Waals surface area contributed by atoms with E-state index < -0.39 is 0 Å². The molecule has 3 nitrogen and oxygen atoms in total. The molecule has 0 saturated carbocycles. The first-order chi connectivity index (χ1) is 12.8. The summed E-state index contributed by atoms with van der Waals surface area (Å²) in [7, 11) is 0. The van der Waals surface area contributed by atoms with Gasteiger partial charge in [0.25, 0.3) is 0 Å². The molecule has 144 valence electrons. The number of rotatable bonds is 14. The Labute approximate surface area is 157 Å². The number of hydrogen-bond donors (Lipinski definition) is 0. The van der Waals surface area contributed by atoms with Crippen LogP contribution in [0.25, 0.3) is 0 Å². The molecule has 2 rings (SSSR count). The highest BCUT2D eigenvalue weighted by atomic mass is 19.1. The molecule has 2 aromatic rings. The van der Waals surface area contributed by atoms with Crippen LogP contribution in [0.1, 0.15) is 76.4 Å². The summed E-state index contributed by atoms with van der Waals surface area (Å²) in [6.45, 7) is 3.86. The van der Waals surface area contributed by atoms with Crippen LogP contribution in [0.4, 0.5) is 4.39 Å². The van der Waals surface area contributed by atoms with Crippen LogP contribution in [-0.4, -0.2) is 16.2 Å². The van der Waals surface area contributed by atoms with Crippen LogP contribution in [0.3, 0.4) is 0 Å². The van der Waals surface area contributed by atoms with Crippen LogP contribution in [0.5, 0.6) is 0 Å². The maximum absolute atomic E-state index is 13.2. The Balaban J connectivity index is 1.70. The third-order valence-corrected chi connectivity index (χ3v) is 4.77. The Morgan fingerprint density at radius 3 is 2.35 bits per heavy atom. The van der Waals surface area contributed by atoms with E-state index in [4.69, 9.17) is 4.74 Å². The maximum Gasteiger partial charge on any atom is 0.123 e. The average Bonchev–Trinajstić information content (AvgIpc) is 3.17. The van der Waals surface area contributed by atoms with Gasteiger partial charge in [0.1, 0.15) is 5.82 Å². The maximum atomic E-state index is 13.2. The van der Waals surface area contributed by atoms with Crippen LogP contribution >= 0.6 is 0 Å². The van der Waals surface area contributed by atoms with Crippen LogP contribution < -0.4 is 0 Å². The molecule has 0 bridgehead atoms. The summed E-state index contributed by atoms with van der Waals surface area (Å²) < 4.78 is 21.4. The van der Waals surface area contributed by atoms with Crippen LogP contribution in [-0.2, 0) is 11.3 Å². The van der Waals surface area contributed by atoms with Crippen molar-refractivity contribution in [3.05, 3.63) is 54.4 Å². The van der Waals surface area contributed by atoms with Gasteiger partial charge in [-0.05, 0) is 30.5 Å². The minimum absolute atomic E-state index is 0.00237. The second kappa shape index (κ2) is 12.6. The summed E-state index contributed by atoms with van der Waals surface area (Å²) in [5, 5.41) is 0. The molecule has 1 unspecified atom stereocenters. The monoisotopic (exact) mass is 360 g/mol. The fourth-order valence-electron chi connectivity index (χ4n) is 3.17. The van der Waals surface area contributed by atoms with Crippen LogP contribution in [0, 0.1) is 5.82 Å². The van der Waals surface area contributed by atoms with Crippen LogP contribution in [0.2, 0.25) is 0 Å². The lowest BCUT2D eigenvalue weighted by atomic mass is 10.1. The van der Waals surface area contributed by atoms with Crippen molar-refractivity contribution in [1.82, 2.24) is 9.55 Å². The molecule has 0 aliphatic rings. The van der Waals surface area contributed by atoms with Crippen molar-refractivity contribution in [3.8, 4) is 0 Å². The Morgan fingerprint density at radius 2 is 1.69 bits per heavy atom. The van der Waals surface area contributed by atoms with Gasteiger partial charge < -0.3 is 9.30 Å². The lowest BCUT2D eigenvalue weighted by Crippen LogP contribution is -2.09. The number of unbranched alkanes of at least 4 members (excludes halogenated alkanes) is 7. The van der Waals surface area contributed by atoms with Gasteiger partial charge in [-0.2, -0.15) is 0 Å². The van der Waals surface area contributed by atoms with Crippen molar-refractivity contribution in [3.63, 3.8) is 0 Å². The van der Waals surface area contributed by atoms with Gasteiger partial charge in [-0.15, -0.1) is 0 Å². The molecule has 1 aromatic heterocycles. The standard InChI is InChI=1S/C22H33FN2O/c1-2-3-4-5-6-7-8-9-18-26-22(14-16-25-17-15-24-19-25)20-10-12-21(23)13-11-20/h10-13,15,17,19,22H,2-9,14,16,18H2,1H3. The number of nitrogens with zero attached hydrogens (tertiary/aromatic N) is 2. The summed E-state index contributed by atoms with van der Waals surface area (Å²) in [5.74, 6) is -0.204. The van der Waals surface area contributed by atoms with Gasteiger partial charge in [0.2, 0.25) is 0 Å². The minimum Gasteiger partial charge on any atom is -0.373 e. The van der Waals surface area contributed by atoms with E-state index >= 15 is 0 Å². The Hall–Kier alpha value is -1.68. The highest BCUT2D eigenvalue weighted by Gasteiger charge is 2.12. The molecule has 0 spiro atoms. The average molecular weight is 361 g/mol. The van der Waals surface area contributed by atoms with Gasteiger partial charge >= 0.3 is 0 Å². The smallest absolute Gasteiger partial charge is 0.123 e. The zero-order valence-electron chi connectivity index (χ0n) is 16.1. The predicted octanol–water partition coefficient (Wildman–Crippen LogP) is 6.31. The number of halogens is 1. The highest BCUT2D eigenvalue weighted by Crippen LogP contribution is 2.23. The number of ether oxygens (including phenoxy) is 1. The summed E-state index contributed by atoms with van der Waals surface area (Å²) in [6, 6.07) is 6.70. The first-order valence-corrected chi connectivity index (χ1v) is 10.1. The number of imidazole rings is 1. The number of hydrogen-bond acceptors (Lipinski definition) is 2. The van der Waals surface area contributed by atoms with E-state index in [1.807, 2.05) is 24.7 Å². The molecular weight excluding hydrogens is 327 g/mol. The zero-order valence-corrected chi connectivity index (χ0v) is 16.1. The number of benzene rings is 1. The Kier molecular flexibility index (Phi) is 10.0. The predicted molar refractivity (Wildman–Crippen MR) is 105 cm³/mol. The third kappa shape index (κ3) is 8.13. The van der Waals surface area contributed by atoms with E-state index in [-0.39, 0.29) is 11.9 Å². The van der Waals surface area contributed by atoms with Crippen molar-refractivity contribution < 1.29 is 9.13 Å². The summed E-state index contributed by atoms with van der Waals surface area (Å²) in [4.78, 5) is 4.08. The number of aryl methyl sites for hydroxylation is 1.